The van der Waals surface area contributed by atoms with Crippen molar-refractivity contribution in [2.75, 3.05) is 13.1 Å². The number of nitro groups is 1. The Morgan fingerprint density at radius 1 is 1.68 bits per heavy atom. The minimum atomic E-state index is -0.624. The van der Waals surface area contributed by atoms with Crippen LogP contribution >= 0.6 is 15.9 Å². The Morgan fingerprint density at radius 3 is 2.89 bits per heavy atom. The molecule has 0 saturated heterocycles. The van der Waals surface area contributed by atoms with Gasteiger partial charge in [0.1, 0.15) is 0 Å². The second-order valence-corrected chi connectivity index (χ2v) is 4.67. The first kappa shape index (κ1) is 15.3. The van der Waals surface area contributed by atoms with Crippen molar-refractivity contribution in [2.45, 2.75) is 13.3 Å². The van der Waals surface area contributed by atoms with Crippen LogP contribution in [0.3, 0.4) is 0 Å². The highest BCUT2D eigenvalue weighted by molar-refractivity contribution is 9.10. The van der Waals surface area contributed by atoms with E-state index in [1.165, 1.54) is 12.3 Å². The van der Waals surface area contributed by atoms with E-state index in [9.17, 15) is 14.9 Å². The minimum Gasteiger partial charge on any atom is -0.358 e. The van der Waals surface area contributed by atoms with Gasteiger partial charge in [-0.05, 0) is 32.3 Å². The Kier molecular flexibility index (Phi) is 5.62. The van der Waals surface area contributed by atoms with Gasteiger partial charge in [0.15, 0.2) is 6.20 Å². The van der Waals surface area contributed by atoms with Gasteiger partial charge >= 0.3 is 5.82 Å². The molecular formula is C12H14BrN3O3. The third-order valence-corrected chi connectivity index (χ3v) is 3.02. The summed E-state index contributed by atoms with van der Waals surface area (Å²) in [6, 6.07) is 1.18. The lowest BCUT2D eigenvalue weighted by Crippen LogP contribution is -2.32. The molecule has 0 aliphatic carbocycles. The summed E-state index contributed by atoms with van der Waals surface area (Å²) in [6.45, 7) is 6.51. The average molecular weight is 328 g/mol. The van der Waals surface area contributed by atoms with E-state index in [1.54, 1.807) is 11.0 Å². The molecule has 0 unspecified atom stereocenters. The molecule has 0 saturated carbocycles. The maximum Gasteiger partial charge on any atom is 0.364 e. The van der Waals surface area contributed by atoms with Crippen molar-refractivity contribution in [1.82, 2.24) is 9.88 Å². The van der Waals surface area contributed by atoms with E-state index in [-0.39, 0.29) is 17.3 Å². The number of pyridine rings is 1. The number of hydrogen-bond acceptors (Lipinski definition) is 4. The van der Waals surface area contributed by atoms with Crippen molar-refractivity contribution < 1.29 is 9.72 Å². The molecule has 0 aliphatic heterocycles. The lowest BCUT2D eigenvalue weighted by molar-refractivity contribution is -0.389. The summed E-state index contributed by atoms with van der Waals surface area (Å²) in [6.07, 6.45) is 3.69. The third kappa shape index (κ3) is 3.85. The molecule has 0 bridgehead atoms. The van der Waals surface area contributed by atoms with Gasteiger partial charge in [-0.1, -0.05) is 13.0 Å². The first-order valence-corrected chi connectivity index (χ1v) is 6.50. The topological polar surface area (TPSA) is 76.3 Å². The van der Waals surface area contributed by atoms with E-state index in [2.05, 4.69) is 27.5 Å². The molecular weight excluding hydrogens is 314 g/mol. The summed E-state index contributed by atoms with van der Waals surface area (Å²) in [7, 11) is 0. The molecule has 7 heteroatoms. The lowest BCUT2D eigenvalue weighted by atomic mass is 10.2. The molecule has 0 radical (unpaired) electrons. The summed E-state index contributed by atoms with van der Waals surface area (Å²) < 4.78 is 0.438. The SMILES string of the molecule is C=CCN(CCC)C(=O)c1cc([N+](=O)[O-])ncc1Br. The molecule has 102 valence electrons. The van der Waals surface area contributed by atoms with E-state index in [4.69, 9.17) is 0 Å². The van der Waals surface area contributed by atoms with Gasteiger partial charge < -0.3 is 15.0 Å². The lowest BCUT2D eigenvalue weighted by Gasteiger charge is -2.20. The standard InChI is InChI=1S/C12H14BrN3O3/c1-3-5-15(6-4-2)12(17)9-7-11(16(18)19)14-8-10(9)13/h3,7-8H,1,4-6H2,2H3. The molecule has 0 atom stereocenters. The smallest absolute Gasteiger partial charge is 0.358 e. The fourth-order valence-electron chi connectivity index (χ4n) is 1.56. The molecule has 19 heavy (non-hydrogen) atoms. The van der Waals surface area contributed by atoms with Crippen LogP contribution < -0.4 is 0 Å². The van der Waals surface area contributed by atoms with Crippen LogP contribution in [0.25, 0.3) is 0 Å². The number of halogens is 1. The Labute approximate surface area is 119 Å². The van der Waals surface area contributed by atoms with Gasteiger partial charge in [-0.2, -0.15) is 0 Å². The van der Waals surface area contributed by atoms with Crippen molar-refractivity contribution >= 4 is 27.7 Å². The van der Waals surface area contributed by atoms with Gasteiger partial charge in [-0.3, -0.25) is 4.79 Å². The van der Waals surface area contributed by atoms with E-state index >= 15 is 0 Å². The van der Waals surface area contributed by atoms with E-state index < -0.39 is 4.92 Å². The molecule has 1 amide bonds. The van der Waals surface area contributed by atoms with Crippen molar-refractivity contribution in [2.24, 2.45) is 0 Å². The molecule has 1 aromatic heterocycles. The zero-order valence-corrected chi connectivity index (χ0v) is 12.1. The van der Waals surface area contributed by atoms with Crippen LogP contribution in [0.2, 0.25) is 0 Å². The van der Waals surface area contributed by atoms with Crippen molar-refractivity contribution in [3.8, 4) is 0 Å². The van der Waals surface area contributed by atoms with Crippen LogP contribution in [-0.2, 0) is 0 Å². The zero-order valence-electron chi connectivity index (χ0n) is 10.5. The Balaban J connectivity index is 3.12. The number of carbonyl (C=O) groups excluding carboxylic acids is 1. The molecule has 0 fully saturated rings. The van der Waals surface area contributed by atoms with Gasteiger partial charge in [0.25, 0.3) is 5.91 Å². The second-order valence-electron chi connectivity index (χ2n) is 3.82. The van der Waals surface area contributed by atoms with E-state index in [1.807, 2.05) is 6.92 Å². The van der Waals surface area contributed by atoms with Gasteiger partial charge in [-0.25, -0.2) is 0 Å². The molecule has 1 heterocycles. The summed E-state index contributed by atoms with van der Waals surface area (Å²) in [4.78, 5) is 27.6. The fraction of sp³-hybridized carbons (Fsp3) is 0.333. The number of amides is 1. The number of nitrogens with zero attached hydrogens (tertiary/aromatic N) is 3. The van der Waals surface area contributed by atoms with Crippen molar-refractivity contribution in [3.05, 3.63) is 45.1 Å². The van der Waals surface area contributed by atoms with Gasteiger partial charge in [0.2, 0.25) is 0 Å². The summed E-state index contributed by atoms with van der Waals surface area (Å²) in [5.74, 6) is -0.624. The highest BCUT2D eigenvalue weighted by Gasteiger charge is 2.21. The second kappa shape index (κ2) is 6.98. The number of hydrogen-bond donors (Lipinski definition) is 0. The van der Waals surface area contributed by atoms with E-state index in [0.717, 1.165) is 6.42 Å². The van der Waals surface area contributed by atoms with Gasteiger partial charge in [0, 0.05) is 19.2 Å². The molecule has 0 aliphatic rings. The normalized spacial score (nSPS) is 10.0. The van der Waals surface area contributed by atoms with Crippen molar-refractivity contribution in [3.63, 3.8) is 0 Å². The maximum atomic E-state index is 12.3. The Hall–Kier alpha value is -1.76. The minimum absolute atomic E-state index is 0.233. The first-order valence-electron chi connectivity index (χ1n) is 5.71. The number of rotatable bonds is 6. The number of carbonyl (C=O) groups is 1. The molecule has 0 N–H and O–H groups in total. The van der Waals surface area contributed by atoms with Gasteiger partial charge in [0.05, 0.1) is 10.0 Å². The quantitative estimate of drug-likeness (QED) is 0.457. The van der Waals surface area contributed by atoms with Crippen LogP contribution in [0.1, 0.15) is 23.7 Å². The summed E-state index contributed by atoms with van der Waals surface area (Å²) in [5.41, 5.74) is 0.233. The molecule has 1 rings (SSSR count). The summed E-state index contributed by atoms with van der Waals surface area (Å²) >= 11 is 3.19. The van der Waals surface area contributed by atoms with Gasteiger partial charge in [-0.15, -0.1) is 6.58 Å². The summed E-state index contributed by atoms with van der Waals surface area (Å²) in [5, 5.41) is 10.7. The molecule has 1 aromatic rings. The predicted molar refractivity (Wildman–Crippen MR) is 75.0 cm³/mol. The Bertz CT molecular complexity index is 505. The first-order chi connectivity index (χ1) is 9.01. The van der Waals surface area contributed by atoms with Crippen LogP contribution in [0.4, 0.5) is 5.82 Å². The van der Waals surface area contributed by atoms with Crippen LogP contribution in [0, 0.1) is 10.1 Å². The molecule has 0 spiro atoms. The maximum absolute atomic E-state index is 12.3. The van der Waals surface area contributed by atoms with Crippen LogP contribution in [-0.4, -0.2) is 33.8 Å². The zero-order chi connectivity index (χ0) is 14.4. The number of aromatic nitrogens is 1. The third-order valence-electron chi connectivity index (χ3n) is 2.39. The van der Waals surface area contributed by atoms with Crippen LogP contribution in [0.15, 0.2) is 29.4 Å². The molecule has 6 nitrogen and oxygen atoms in total. The Morgan fingerprint density at radius 2 is 2.37 bits per heavy atom. The van der Waals surface area contributed by atoms with Crippen molar-refractivity contribution in [1.29, 1.82) is 0 Å². The van der Waals surface area contributed by atoms with Crippen LogP contribution in [0.5, 0.6) is 0 Å². The largest absolute Gasteiger partial charge is 0.364 e. The monoisotopic (exact) mass is 327 g/mol. The predicted octanol–water partition coefficient (Wildman–Crippen LogP) is 2.79. The molecule has 0 aromatic carbocycles. The van der Waals surface area contributed by atoms with E-state index in [0.29, 0.717) is 17.6 Å². The highest BCUT2D eigenvalue weighted by atomic mass is 79.9. The highest BCUT2D eigenvalue weighted by Crippen LogP contribution is 2.21. The fourth-order valence-corrected chi connectivity index (χ4v) is 1.95. The average Bonchev–Trinajstić information content (AvgIpc) is 2.38.